The monoisotopic (exact) mass is 308 g/mol. The fourth-order valence-electron chi connectivity index (χ4n) is 3.00. The number of aromatic amines is 1. The SMILES string of the molecule is CC(C)CC[C@@]1(C(=O)O)CN(C(=O)c2ccc[nH]2)CC[C@H]1O. The number of piperidine rings is 1. The highest BCUT2D eigenvalue weighted by Crippen LogP contribution is 2.37. The van der Waals surface area contributed by atoms with Gasteiger partial charge >= 0.3 is 5.97 Å². The lowest BCUT2D eigenvalue weighted by Gasteiger charge is -2.43. The molecule has 1 aromatic heterocycles. The molecule has 6 heteroatoms. The van der Waals surface area contributed by atoms with Crippen molar-refractivity contribution in [3.8, 4) is 0 Å². The summed E-state index contributed by atoms with van der Waals surface area (Å²) in [5.41, 5.74) is -0.829. The molecule has 0 radical (unpaired) electrons. The van der Waals surface area contributed by atoms with Crippen LogP contribution >= 0.6 is 0 Å². The Balaban J connectivity index is 2.20. The lowest BCUT2D eigenvalue weighted by Crippen LogP contribution is -2.57. The summed E-state index contributed by atoms with van der Waals surface area (Å²) in [5, 5.41) is 20.0. The maximum absolute atomic E-state index is 12.4. The second kappa shape index (κ2) is 6.52. The van der Waals surface area contributed by atoms with E-state index >= 15 is 0 Å². The lowest BCUT2D eigenvalue weighted by molar-refractivity contribution is -0.163. The van der Waals surface area contributed by atoms with Crippen molar-refractivity contribution in [1.29, 1.82) is 0 Å². The summed E-state index contributed by atoms with van der Waals surface area (Å²) in [6.45, 7) is 4.46. The maximum atomic E-state index is 12.4. The van der Waals surface area contributed by atoms with Gasteiger partial charge in [-0.2, -0.15) is 0 Å². The van der Waals surface area contributed by atoms with Gasteiger partial charge in [0.05, 0.1) is 6.10 Å². The van der Waals surface area contributed by atoms with E-state index in [0.717, 1.165) is 0 Å². The Morgan fingerprint density at radius 3 is 2.77 bits per heavy atom. The first-order chi connectivity index (χ1) is 10.4. The van der Waals surface area contributed by atoms with Crippen molar-refractivity contribution in [2.75, 3.05) is 13.1 Å². The molecule has 2 atom stereocenters. The van der Waals surface area contributed by atoms with E-state index in [1.54, 1.807) is 18.3 Å². The number of nitrogens with zero attached hydrogens (tertiary/aromatic N) is 1. The van der Waals surface area contributed by atoms with Crippen LogP contribution in [0.4, 0.5) is 0 Å². The standard InChI is InChI=1S/C16H24N2O4/c1-11(2)5-7-16(15(21)22)10-18(9-6-13(16)19)14(20)12-4-3-8-17-12/h3-4,8,11,13,17,19H,5-7,9-10H2,1-2H3,(H,21,22)/t13-,16-/m1/s1. The molecule has 22 heavy (non-hydrogen) atoms. The minimum Gasteiger partial charge on any atom is -0.481 e. The Morgan fingerprint density at radius 2 is 2.23 bits per heavy atom. The molecule has 1 amide bonds. The first-order valence-electron chi connectivity index (χ1n) is 7.71. The number of likely N-dealkylation sites (tertiary alicyclic amines) is 1. The third-order valence-electron chi connectivity index (χ3n) is 4.49. The summed E-state index contributed by atoms with van der Waals surface area (Å²) in [5.74, 6) is -0.894. The minimum atomic E-state index is -1.27. The Kier molecular flexibility index (Phi) is 4.90. The molecule has 1 aliphatic rings. The molecule has 3 N–H and O–H groups in total. The van der Waals surface area contributed by atoms with E-state index in [9.17, 15) is 19.8 Å². The molecule has 2 heterocycles. The van der Waals surface area contributed by atoms with Crippen LogP contribution in [0.5, 0.6) is 0 Å². The van der Waals surface area contributed by atoms with Crippen LogP contribution in [0.2, 0.25) is 0 Å². The molecule has 1 fully saturated rings. The molecule has 0 aliphatic carbocycles. The number of rotatable bonds is 5. The van der Waals surface area contributed by atoms with Gasteiger partial charge in [0.1, 0.15) is 11.1 Å². The number of aliphatic carboxylic acids is 1. The van der Waals surface area contributed by atoms with Crippen LogP contribution in [0.3, 0.4) is 0 Å². The summed E-state index contributed by atoms with van der Waals surface area (Å²) in [7, 11) is 0. The number of nitrogens with one attached hydrogen (secondary N) is 1. The van der Waals surface area contributed by atoms with Crippen LogP contribution in [0.15, 0.2) is 18.3 Å². The Morgan fingerprint density at radius 1 is 1.50 bits per heavy atom. The smallest absolute Gasteiger partial charge is 0.314 e. The highest BCUT2D eigenvalue weighted by molar-refractivity contribution is 5.93. The normalized spacial score (nSPS) is 25.5. The summed E-state index contributed by atoms with van der Waals surface area (Å²) in [4.78, 5) is 28.7. The van der Waals surface area contributed by atoms with Gasteiger partial charge in [0.15, 0.2) is 0 Å². The molecule has 0 saturated carbocycles. The number of amides is 1. The third kappa shape index (κ3) is 3.16. The van der Waals surface area contributed by atoms with Gasteiger partial charge < -0.3 is 20.1 Å². The third-order valence-corrected chi connectivity index (χ3v) is 4.49. The molecule has 2 rings (SSSR count). The predicted octanol–water partition coefficient (Wildman–Crippen LogP) is 1.73. The van der Waals surface area contributed by atoms with Crippen LogP contribution in [0.25, 0.3) is 0 Å². The van der Waals surface area contributed by atoms with Crippen molar-refractivity contribution in [2.45, 2.75) is 39.2 Å². The molecule has 6 nitrogen and oxygen atoms in total. The van der Waals surface area contributed by atoms with Crippen molar-refractivity contribution in [3.63, 3.8) is 0 Å². The number of hydrogen-bond acceptors (Lipinski definition) is 3. The number of aliphatic hydroxyl groups excluding tert-OH is 1. The molecule has 0 unspecified atom stereocenters. The Hall–Kier alpha value is -1.82. The van der Waals surface area contributed by atoms with Crippen molar-refractivity contribution in [2.24, 2.45) is 11.3 Å². The van der Waals surface area contributed by atoms with Gasteiger partial charge in [0, 0.05) is 19.3 Å². The van der Waals surface area contributed by atoms with Crippen molar-refractivity contribution >= 4 is 11.9 Å². The molecule has 122 valence electrons. The summed E-state index contributed by atoms with van der Waals surface area (Å²) in [6.07, 6.45) is 2.10. The summed E-state index contributed by atoms with van der Waals surface area (Å²) < 4.78 is 0. The van der Waals surface area contributed by atoms with Crippen LogP contribution in [-0.4, -0.2) is 51.2 Å². The molecule has 1 aliphatic heterocycles. The second-order valence-electron chi connectivity index (χ2n) is 6.51. The van der Waals surface area contributed by atoms with Crippen LogP contribution < -0.4 is 0 Å². The average Bonchev–Trinajstić information content (AvgIpc) is 2.99. The minimum absolute atomic E-state index is 0.0497. The Labute approximate surface area is 130 Å². The van der Waals surface area contributed by atoms with E-state index in [0.29, 0.717) is 31.0 Å². The van der Waals surface area contributed by atoms with Crippen molar-refractivity contribution in [1.82, 2.24) is 9.88 Å². The van der Waals surface area contributed by atoms with E-state index in [4.69, 9.17) is 0 Å². The first kappa shape index (κ1) is 16.5. The maximum Gasteiger partial charge on any atom is 0.314 e. The first-order valence-corrected chi connectivity index (χ1v) is 7.71. The summed E-state index contributed by atoms with van der Waals surface area (Å²) in [6, 6.07) is 3.40. The van der Waals surface area contributed by atoms with Crippen LogP contribution in [-0.2, 0) is 4.79 Å². The van der Waals surface area contributed by atoms with Gasteiger partial charge in [-0.05, 0) is 37.3 Å². The lowest BCUT2D eigenvalue weighted by atomic mass is 9.72. The van der Waals surface area contributed by atoms with Crippen molar-refractivity contribution in [3.05, 3.63) is 24.0 Å². The molecular formula is C16H24N2O4. The zero-order valence-electron chi connectivity index (χ0n) is 13.1. The van der Waals surface area contributed by atoms with Crippen LogP contribution in [0.1, 0.15) is 43.6 Å². The fourth-order valence-corrected chi connectivity index (χ4v) is 3.00. The molecule has 0 spiro atoms. The van der Waals surface area contributed by atoms with E-state index in [-0.39, 0.29) is 18.9 Å². The van der Waals surface area contributed by atoms with Gasteiger partial charge in [-0.25, -0.2) is 0 Å². The van der Waals surface area contributed by atoms with Crippen molar-refractivity contribution < 1.29 is 19.8 Å². The summed E-state index contributed by atoms with van der Waals surface area (Å²) >= 11 is 0. The highest BCUT2D eigenvalue weighted by atomic mass is 16.4. The molecule has 1 saturated heterocycles. The average molecular weight is 308 g/mol. The number of carboxylic acid groups (broad SMARTS) is 1. The number of aromatic nitrogens is 1. The van der Waals surface area contributed by atoms with E-state index in [1.165, 1.54) is 4.90 Å². The van der Waals surface area contributed by atoms with E-state index in [2.05, 4.69) is 4.98 Å². The number of carbonyl (C=O) groups excluding carboxylic acids is 1. The zero-order chi connectivity index (χ0) is 16.3. The quantitative estimate of drug-likeness (QED) is 0.772. The van der Waals surface area contributed by atoms with Crippen LogP contribution in [0, 0.1) is 11.3 Å². The molecule has 0 aromatic carbocycles. The zero-order valence-corrected chi connectivity index (χ0v) is 13.1. The van der Waals surface area contributed by atoms with Gasteiger partial charge in [-0.1, -0.05) is 13.8 Å². The highest BCUT2D eigenvalue weighted by Gasteiger charge is 2.49. The number of H-pyrrole nitrogens is 1. The van der Waals surface area contributed by atoms with Gasteiger partial charge in [-0.3, -0.25) is 9.59 Å². The number of aliphatic hydroxyl groups is 1. The van der Waals surface area contributed by atoms with Gasteiger partial charge in [-0.15, -0.1) is 0 Å². The molecule has 0 bridgehead atoms. The number of carboxylic acids is 1. The molecule has 1 aromatic rings. The fraction of sp³-hybridized carbons (Fsp3) is 0.625. The number of hydrogen-bond donors (Lipinski definition) is 3. The van der Waals surface area contributed by atoms with E-state index < -0.39 is 17.5 Å². The largest absolute Gasteiger partial charge is 0.481 e. The predicted molar refractivity (Wildman–Crippen MR) is 81.5 cm³/mol. The van der Waals surface area contributed by atoms with Gasteiger partial charge in [0.25, 0.3) is 5.91 Å². The number of carbonyl (C=O) groups is 2. The Bertz CT molecular complexity index is 526. The second-order valence-corrected chi connectivity index (χ2v) is 6.51. The molecular weight excluding hydrogens is 284 g/mol. The van der Waals surface area contributed by atoms with E-state index in [1.807, 2.05) is 13.8 Å². The topological polar surface area (TPSA) is 93.6 Å². The van der Waals surface area contributed by atoms with Gasteiger partial charge in [0.2, 0.25) is 0 Å².